The highest BCUT2D eigenvalue weighted by molar-refractivity contribution is 7.07. The summed E-state index contributed by atoms with van der Waals surface area (Å²) in [5.74, 6) is 0.841. The number of rotatable bonds is 3. The summed E-state index contributed by atoms with van der Waals surface area (Å²) in [7, 11) is 0. The van der Waals surface area contributed by atoms with Crippen LogP contribution in [0.4, 0.5) is 4.39 Å². The largest absolute Gasteiger partial charge is 0.462 e. The first-order valence-electron chi connectivity index (χ1n) is 7.58. The highest BCUT2D eigenvalue weighted by Crippen LogP contribution is 2.07. The molecule has 0 bridgehead atoms. The van der Waals surface area contributed by atoms with Crippen molar-refractivity contribution in [3.05, 3.63) is 78.8 Å². The second kappa shape index (κ2) is 7.22. The Hall–Kier alpha value is -3.42. The maximum atomic E-state index is 13.1. The number of halogens is 1. The summed E-state index contributed by atoms with van der Waals surface area (Å²) in [6.45, 7) is 1.92. The number of furan rings is 1. The normalized spacial score (nSPS) is 11.2. The van der Waals surface area contributed by atoms with Crippen LogP contribution in [0.1, 0.15) is 17.1 Å². The third-order valence-corrected chi connectivity index (χ3v) is 4.76. The molecule has 128 valence electrons. The van der Waals surface area contributed by atoms with E-state index in [9.17, 15) is 19.7 Å². The number of aryl methyl sites for hydroxylation is 1. The predicted molar refractivity (Wildman–Crippen MR) is 95.0 cm³/mol. The Morgan fingerprint density at radius 3 is 2.50 bits per heavy atom. The van der Waals surface area contributed by atoms with Gasteiger partial charge >= 0.3 is 0 Å². The molecule has 2 heterocycles. The molecule has 0 N–H and O–H groups in total. The SMILES string of the molecule is Cc1ccc(C=c2sc(=C(C#N)C#N)n(Cc3ccc(F)cc3)c2=O)o1. The Bertz CT molecular complexity index is 1200. The fourth-order valence-electron chi connectivity index (χ4n) is 2.40. The van der Waals surface area contributed by atoms with Crippen molar-refractivity contribution in [1.82, 2.24) is 4.57 Å². The van der Waals surface area contributed by atoms with Crippen LogP contribution in [0.15, 0.2) is 45.6 Å². The molecule has 5 nitrogen and oxygen atoms in total. The summed E-state index contributed by atoms with van der Waals surface area (Å²) in [6.07, 6.45) is 1.58. The van der Waals surface area contributed by atoms with Crippen LogP contribution in [-0.2, 0) is 6.54 Å². The third-order valence-electron chi connectivity index (χ3n) is 3.63. The number of aromatic nitrogens is 1. The van der Waals surface area contributed by atoms with Crippen LogP contribution in [-0.4, -0.2) is 4.57 Å². The van der Waals surface area contributed by atoms with E-state index in [0.717, 1.165) is 11.3 Å². The fraction of sp³-hybridized carbons (Fsp3) is 0.105. The molecular weight excluding hydrogens is 353 g/mol. The summed E-state index contributed by atoms with van der Waals surface area (Å²) in [5.41, 5.74) is 0.194. The predicted octanol–water partition coefficient (Wildman–Crippen LogP) is 2.03. The molecule has 0 aliphatic heterocycles. The molecule has 0 saturated heterocycles. The van der Waals surface area contributed by atoms with Gasteiger partial charge in [0.15, 0.2) is 5.57 Å². The Morgan fingerprint density at radius 1 is 1.23 bits per heavy atom. The van der Waals surface area contributed by atoms with E-state index in [-0.39, 0.29) is 28.2 Å². The van der Waals surface area contributed by atoms with Crippen molar-refractivity contribution in [3.63, 3.8) is 0 Å². The molecule has 3 rings (SSSR count). The van der Waals surface area contributed by atoms with Gasteiger partial charge in [0.2, 0.25) is 0 Å². The second-order valence-electron chi connectivity index (χ2n) is 5.48. The molecule has 0 saturated carbocycles. The van der Waals surface area contributed by atoms with E-state index in [1.165, 1.54) is 16.7 Å². The molecular formula is C19H12FN3O2S. The molecule has 3 aromatic rings. The standard InChI is InChI=1S/C19H12FN3O2S/c1-12-2-7-16(25-12)8-17-18(24)23(19(26-17)14(9-21)10-22)11-13-3-5-15(20)6-4-13/h2-8H,11H2,1H3. The first kappa shape index (κ1) is 17.4. The Kier molecular flexibility index (Phi) is 4.83. The van der Waals surface area contributed by atoms with Crippen molar-refractivity contribution in [3.8, 4) is 12.1 Å². The van der Waals surface area contributed by atoms with E-state index in [4.69, 9.17) is 4.42 Å². The van der Waals surface area contributed by atoms with Crippen molar-refractivity contribution in [2.24, 2.45) is 0 Å². The molecule has 0 amide bonds. The fourth-order valence-corrected chi connectivity index (χ4v) is 3.43. The third kappa shape index (κ3) is 3.49. The van der Waals surface area contributed by atoms with Gasteiger partial charge in [-0.05, 0) is 36.8 Å². The van der Waals surface area contributed by atoms with E-state index in [0.29, 0.717) is 21.6 Å². The lowest BCUT2D eigenvalue weighted by Crippen LogP contribution is -2.32. The Labute approximate surface area is 151 Å². The first-order valence-corrected chi connectivity index (χ1v) is 8.40. The van der Waals surface area contributed by atoms with Crippen molar-refractivity contribution in [2.45, 2.75) is 13.5 Å². The molecule has 0 radical (unpaired) electrons. The van der Waals surface area contributed by atoms with Gasteiger partial charge in [-0.2, -0.15) is 10.5 Å². The summed E-state index contributed by atoms with van der Waals surface area (Å²) in [5, 5.41) is 18.4. The van der Waals surface area contributed by atoms with E-state index in [1.807, 2.05) is 12.1 Å². The van der Waals surface area contributed by atoms with E-state index < -0.39 is 0 Å². The van der Waals surface area contributed by atoms with E-state index >= 15 is 0 Å². The number of benzene rings is 1. The Morgan fingerprint density at radius 2 is 1.92 bits per heavy atom. The van der Waals surface area contributed by atoms with E-state index in [1.54, 1.807) is 37.3 Å². The molecule has 26 heavy (non-hydrogen) atoms. The monoisotopic (exact) mass is 365 g/mol. The quantitative estimate of drug-likeness (QED) is 0.711. The highest BCUT2D eigenvalue weighted by atomic mass is 32.1. The number of nitrogens with zero attached hydrogens (tertiary/aromatic N) is 3. The molecule has 2 aromatic heterocycles. The van der Waals surface area contributed by atoms with Gasteiger partial charge in [-0.25, -0.2) is 4.39 Å². The average molecular weight is 365 g/mol. The van der Waals surface area contributed by atoms with Crippen LogP contribution in [0.3, 0.4) is 0 Å². The number of hydrogen-bond acceptors (Lipinski definition) is 5. The van der Waals surface area contributed by atoms with Gasteiger partial charge in [0.1, 0.15) is 34.1 Å². The summed E-state index contributed by atoms with van der Waals surface area (Å²) in [4.78, 5) is 12.8. The lowest BCUT2D eigenvalue weighted by molar-refractivity contribution is 0.525. The second-order valence-corrected chi connectivity index (χ2v) is 6.51. The Balaban J connectivity index is 2.22. The van der Waals surface area contributed by atoms with Crippen molar-refractivity contribution >= 4 is 23.0 Å². The maximum absolute atomic E-state index is 13.1. The van der Waals surface area contributed by atoms with Crippen molar-refractivity contribution in [2.75, 3.05) is 0 Å². The van der Waals surface area contributed by atoms with E-state index in [2.05, 4.69) is 0 Å². The zero-order chi connectivity index (χ0) is 18.7. The molecule has 0 aliphatic rings. The van der Waals surface area contributed by atoms with Gasteiger partial charge in [-0.1, -0.05) is 12.1 Å². The van der Waals surface area contributed by atoms with Crippen LogP contribution >= 0.6 is 11.3 Å². The number of thiazole rings is 1. The van der Waals surface area contributed by atoms with Crippen LogP contribution in [0.25, 0.3) is 11.6 Å². The summed E-state index contributed by atoms with van der Waals surface area (Å²) >= 11 is 1.05. The van der Waals surface area contributed by atoms with Gasteiger partial charge in [0.05, 0.1) is 11.1 Å². The molecule has 0 atom stereocenters. The topological polar surface area (TPSA) is 82.7 Å². The zero-order valence-corrected chi connectivity index (χ0v) is 14.5. The molecule has 0 unspecified atom stereocenters. The average Bonchev–Trinajstić information content (AvgIpc) is 3.17. The lowest BCUT2D eigenvalue weighted by atomic mass is 10.2. The molecule has 0 spiro atoms. The number of hydrogen-bond donors (Lipinski definition) is 0. The van der Waals surface area contributed by atoms with Crippen LogP contribution < -0.4 is 14.8 Å². The molecule has 7 heteroatoms. The van der Waals surface area contributed by atoms with Crippen molar-refractivity contribution in [1.29, 1.82) is 10.5 Å². The minimum Gasteiger partial charge on any atom is -0.462 e. The minimum absolute atomic E-state index is 0.128. The lowest BCUT2D eigenvalue weighted by Gasteiger charge is -2.02. The molecule has 0 fully saturated rings. The van der Waals surface area contributed by atoms with Gasteiger partial charge < -0.3 is 4.42 Å². The molecule has 0 aliphatic carbocycles. The van der Waals surface area contributed by atoms with Gasteiger partial charge in [-0.15, -0.1) is 11.3 Å². The van der Waals surface area contributed by atoms with Crippen LogP contribution in [0.5, 0.6) is 0 Å². The van der Waals surface area contributed by atoms with Crippen LogP contribution in [0, 0.1) is 35.4 Å². The minimum atomic E-state index is -0.379. The first-order chi connectivity index (χ1) is 12.5. The van der Waals surface area contributed by atoms with Gasteiger partial charge in [0.25, 0.3) is 5.56 Å². The summed E-state index contributed by atoms with van der Waals surface area (Å²) < 4.78 is 20.5. The maximum Gasteiger partial charge on any atom is 0.269 e. The van der Waals surface area contributed by atoms with Gasteiger partial charge in [-0.3, -0.25) is 9.36 Å². The zero-order valence-electron chi connectivity index (χ0n) is 13.7. The highest BCUT2D eigenvalue weighted by Gasteiger charge is 2.10. The van der Waals surface area contributed by atoms with Gasteiger partial charge in [0, 0.05) is 6.08 Å². The molecule has 1 aromatic carbocycles. The van der Waals surface area contributed by atoms with Crippen LogP contribution in [0.2, 0.25) is 0 Å². The smallest absolute Gasteiger partial charge is 0.269 e. The summed E-state index contributed by atoms with van der Waals surface area (Å²) in [6, 6.07) is 12.9. The number of nitriles is 2. The van der Waals surface area contributed by atoms with Crippen molar-refractivity contribution < 1.29 is 8.81 Å².